The van der Waals surface area contributed by atoms with Crippen LogP contribution in [0, 0.1) is 6.92 Å². The number of rotatable bonds is 10. The van der Waals surface area contributed by atoms with Crippen LogP contribution in [0.15, 0.2) is 34.9 Å². The van der Waals surface area contributed by atoms with E-state index in [2.05, 4.69) is 17.4 Å². The van der Waals surface area contributed by atoms with Crippen LogP contribution in [0.2, 0.25) is 0 Å². The number of aromatic nitrogens is 1. The Kier molecular flexibility index (Phi) is 7.85. The van der Waals surface area contributed by atoms with E-state index in [1.165, 1.54) is 7.11 Å². The number of amides is 2. The van der Waals surface area contributed by atoms with Crippen molar-refractivity contribution in [3.8, 4) is 5.75 Å². The molecule has 2 aromatic rings. The Morgan fingerprint density at radius 3 is 2.67 bits per heavy atom. The Hall–Kier alpha value is -2.83. The first-order valence-corrected chi connectivity index (χ1v) is 9.20. The number of unbranched alkanes of at least 4 members (excludes halogenated alkanes) is 3. The van der Waals surface area contributed by atoms with Gasteiger partial charge in [0, 0.05) is 12.6 Å². The molecule has 27 heavy (non-hydrogen) atoms. The fraction of sp³-hybridized carbons (Fsp3) is 0.450. The van der Waals surface area contributed by atoms with E-state index in [0.717, 1.165) is 25.7 Å². The molecule has 0 bridgehead atoms. The van der Waals surface area contributed by atoms with Gasteiger partial charge in [-0.25, -0.2) is 0 Å². The first-order valence-electron chi connectivity index (χ1n) is 9.20. The lowest BCUT2D eigenvalue weighted by Crippen LogP contribution is -2.39. The van der Waals surface area contributed by atoms with Crippen LogP contribution in [0.1, 0.15) is 48.7 Å². The zero-order chi connectivity index (χ0) is 19.6. The monoisotopic (exact) mass is 373 g/mol. The molecule has 0 atom stereocenters. The molecule has 1 aromatic carbocycles. The summed E-state index contributed by atoms with van der Waals surface area (Å²) in [6.45, 7) is 4.32. The van der Waals surface area contributed by atoms with E-state index in [1.54, 1.807) is 42.2 Å². The number of ether oxygens (including phenoxy) is 1. The minimum atomic E-state index is -0.318. The van der Waals surface area contributed by atoms with Gasteiger partial charge in [-0.15, -0.1) is 0 Å². The molecule has 146 valence electrons. The van der Waals surface area contributed by atoms with E-state index in [-0.39, 0.29) is 18.4 Å². The van der Waals surface area contributed by atoms with Crippen molar-refractivity contribution in [2.75, 3.05) is 25.5 Å². The predicted octanol–water partition coefficient (Wildman–Crippen LogP) is 3.65. The number of aryl methyl sites for hydroxylation is 1. The van der Waals surface area contributed by atoms with Gasteiger partial charge in [0.2, 0.25) is 5.91 Å². The highest BCUT2D eigenvalue weighted by molar-refractivity contribution is 6.00. The van der Waals surface area contributed by atoms with Crippen molar-refractivity contribution in [2.45, 2.75) is 39.5 Å². The Morgan fingerprint density at radius 2 is 2.00 bits per heavy atom. The van der Waals surface area contributed by atoms with Crippen LogP contribution < -0.4 is 10.1 Å². The molecule has 0 saturated carbocycles. The van der Waals surface area contributed by atoms with Gasteiger partial charge >= 0.3 is 0 Å². The van der Waals surface area contributed by atoms with Gasteiger partial charge in [-0.05, 0) is 25.5 Å². The maximum atomic E-state index is 13.0. The molecular weight excluding hydrogens is 346 g/mol. The van der Waals surface area contributed by atoms with Crippen molar-refractivity contribution in [2.24, 2.45) is 0 Å². The number of carbonyl (C=O) groups is 2. The van der Waals surface area contributed by atoms with E-state index in [9.17, 15) is 9.59 Å². The zero-order valence-electron chi connectivity index (χ0n) is 16.2. The molecule has 0 saturated heterocycles. The molecule has 0 fully saturated rings. The highest BCUT2D eigenvalue weighted by Gasteiger charge is 2.22. The van der Waals surface area contributed by atoms with Crippen molar-refractivity contribution in [3.63, 3.8) is 0 Å². The maximum absolute atomic E-state index is 13.0. The standard InChI is InChI=1S/C20H27N3O4/c1-4-5-6-9-12-23(14-19(24)21-18-13-15(2)27-22-18)20(25)16-10-7-8-11-17(16)26-3/h7-8,10-11,13H,4-6,9,12,14H2,1-3H3,(H,21,22,24). The molecule has 0 unspecified atom stereocenters. The summed E-state index contributed by atoms with van der Waals surface area (Å²) in [6, 6.07) is 8.66. The summed E-state index contributed by atoms with van der Waals surface area (Å²) in [7, 11) is 1.53. The second-order valence-electron chi connectivity index (χ2n) is 6.36. The Balaban J connectivity index is 2.09. The van der Waals surface area contributed by atoms with Crippen LogP contribution in [0.5, 0.6) is 5.75 Å². The average molecular weight is 373 g/mol. The number of carbonyl (C=O) groups excluding carboxylic acids is 2. The van der Waals surface area contributed by atoms with Gasteiger partial charge in [-0.1, -0.05) is 43.5 Å². The molecule has 2 amide bonds. The van der Waals surface area contributed by atoms with E-state index in [1.807, 2.05) is 0 Å². The Morgan fingerprint density at radius 1 is 1.22 bits per heavy atom. The maximum Gasteiger partial charge on any atom is 0.258 e. The van der Waals surface area contributed by atoms with Crippen LogP contribution >= 0.6 is 0 Å². The molecule has 1 N–H and O–H groups in total. The third kappa shape index (κ3) is 6.13. The SMILES string of the molecule is CCCCCCN(CC(=O)Nc1cc(C)on1)C(=O)c1ccccc1OC. The largest absolute Gasteiger partial charge is 0.496 e. The van der Waals surface area contributed by atoms with Gasteiger partial charge in [-0.2, -0.15) is 0 Å². The molecule has 1 heterocycles. The van der Waals surface area contributed by atoms with Crippen LogP contribution in [-0.4, -0.2) is 42.1 Å². The summed E-state index contributed by atoms with van der Waals surface area (Å²) in [6.07, 6.45) is 4.05. The molecule has 0 spiro atoms. The molecule has 0 radical (unpaired) electrons. The first kappa shape index (κ1) is 20.5. The number of nitrogens with zero attached hydrogens (tertiary/aromatic N) is 2. The first-order chi connectivity index (χ1) is 13.0. The fourth-order valence-corrected chi connectivity index (χ4v) is 2.75. The molecule has 0 aliphatic carbocycles. The normalized spacial score (nSPS) is 10.5. The van der Waals surface area contributed by atoms with Crippen molar-refractivity contribution in [3.05, 3.63) is 41.7 Å². The average Bonchev–Trinajstić information content (AvgIpc) is 3.08. The number of anilines is 1. The summed E-state index contributed by atoms with van der Waals surface area (Å²) in [5.74, 6) is 0.894. The van der Waals surface area contributed by atoms with Gasteiger partial charge in [0.15, 0.2) is 5.82 Å². The molecule has 0 aliphatic rings. The number of nitrogens with one attached hydrogen (secondary N) is 1. The van der Waals surface area contributed by atoms with Crippen LogP contribution in [0.25, 0.3) is 0 Å². The highest BCUT2D eigenvalue weighted by atomic mass is 16.5. The molecule has 7 heteroatoms. The molecule has 0 aliphatic heterocycles. The van der Waals surface area contributed by atoms with Crippen LogP contribution in [0.3, 0.4) is 0 Å². The van der Waals surface area contributed by atoms with Gasteiger partial charge in [0.05, 0.1) is 12.7 Å². The minimum absolute atomic E-state index is 0.0606. The number of hydrogen-bond donors (Lipinski definition) is 1. The summed E-state index contributed by atoms with van der Waals surface area (Å²) < 4.78 is 10.2. The quantitative estimate of drug-likeness (QED) is 0.643. The summed E-state index contributed by atoms with van der Waals surface area (Å²) in [5, 5.41) is 6.41. The molecule has 2 rings (SSSR count). The molecule has 7 nitrogen and oxygen atoms in total. The van der Waals surface area contributed by atoms with Gasteiger partial charge < -0.3 is 19.5 Å². The van der Waals surface area contributed by atoms with Crippen LogP contribution in [0.4, 0.5) is 5.82 Å². The third-order valence-electron chi connectivity index (χ3n) is 4.14. The topological polar surface area (TPSA) is 84.7 Å². The molecule has 1 aromatic heterocycles. The van der Waals surface area contributed by atoms with E-state index in [4.69, 9.17) is 9.26 Å². The number of benzene rings is 1. The van der Waals surface area contributed by atoms with E-state index < -0.39 is 0 Å². The van der Waals surface area contributed by atoms with Gasteiger partial charge in [-0.3, -0.25) is 9.59 Å². The number of para-hydroxylation sites is 1. The summed E-state index contributed by atoms with van der Waals surface area (Å²) in [4.78, 5) is 27.0. The number of hydrogen-bond acceptors (Lipinski definition) is 5. The Bertz CT molecular complexity index is 757. The fourth-order valence-electron chi connectivity index (χ4n) is 2.75. The lowest BCUT2D eigenvalue weighted by atomic mass is 10.1. The van der Waals surface area contributed by atoms with Gasteiger partial charge in [0.25, 0.3) is 5.91 Å². The van der Waals surface area contributed by atoms with E-state index >= 15 is 0 Å². The third-order valence-corrected chi connectivity index (χ3v) is 4.14. The second kappa shape index (κ2) is 10.4. The second-order valence-corrected chi connectivity index (χ2v) is 6.36. The lowest BCUT2D eigenvalue weighted by molar-refractivity contribution is -0.117. The smallest absolute Gasteiger partial charge is 0.258 e. The van der Waals surface area contributed by atoms with Gasteiger partial charge in [0.1, 0.15) is 18.1 Å². The van der Waals surface area contributed by atoms with Crippen molar-refractivity contribution < 1.29 is 18.8 Å². The predicted molar refractivity (Wildman–Crippen MR) is 103 cm³/mol. The molecular formula is C20H27N3O4. The van der Waals surface area contributed by atoms with Crippen molar-refractivity contribution in [1.29, 1.82) is 0 Å². The summed E-state index contributed by atoms with van der Waals surface area (Å²) in [5.41, 5.74) is 0.445. The highest BCUT2D eigenvalue weighted by Crippen LogP contribution is 2.20. The van der Waals surface area contributed by atoms with E-state index in [0.29, 0.717) is 29.4 Å². The Labute approximate surface area is 159 Å². The van der Waals surface area contributed by atoms with Crippen molar-refractivity contribution in [1.82, 2.24) is 10.1 Å². The minimum Gasteiger partial charge on any atom is -0.496 e. The van der Waals surface area contributed by atoms with Crippen molar-refractivity contribution >= 4 is 17.6 Å². The van der Waals surface area contributed by atoms with Crippen LogP contribution in [-0.2, 0) is 4.79 Å². The lowest BCUT2D eigenvalue weighted by Gasteiger charge is -2.23. The number of methoxy groups -OCH3 is 1. The summed E-state index contributed by atoms with van der Waals surface area (Å²) >= 11 is 0. The zero-order valence-corrected chi connectivity index (χ0v) is 16.2.